The molecule has 182 valence electrons. The summed E-state index contributed by atoms with van der Waals surface area (Å²) in [5.41, 5.74) is 3.09. The van der Waals surface area contributed by atoms with Crippen LogP contribution in [0.2, 0.25) is 0 Å². The van der Waals surface area contributed by atoms with E-state index in [4.69, 9.17) is 5.26 Å². The number of aromatic nitrogens is 3. The second-order valence-corrected chi connectivity index (χ2v) is 8.69. The van der Waals surface area contributed by atoms with E-state index in [0.29, 0.717) is 29.8 Å². The third-order valence-corrected chi connectivity index (χ3v) is 6.42. The summed E-state index contributed by atoms with van der Waals surface area (Å²) in [7, 11) is 0. The van der Waals surface area contributed by atoms with Crippen molar-refractivity contribution in [2.24, 2.45) is 0 Å². The number of nitriles is 1. The summed E-state index contributed by atoms with van der Waals surface area (Å²) in [6, 6.07) is 12.9. The predicted octanol–water partition coefficient (Wildman–Crippen LogP) is 4.46. The van der Waals surface area contributed by atoms with Crippen molar-refractivity contribution in [2.45, 2.75) is 12.3 Å². The van der Waals surface area contributed by atoms with Crippen LogP contribution in [0.25, 0.3) is 22.0 Å². The maximum Gasteiger partial charge on any atom is 0.256 e. The summed E-state index contributed by atoms with van der Waals surface area (Å²) in [6.07, 6.45) is 6.63. The number of benzene rings is 2. The molecule has 4 aromatic rings. The molecule has 5 rings (SSSR count). The van der Waals surface area contributed by atoms with E-state index in [1.807, 2.05) is 18.2 Å². The van der Waals surface area contributed by atoms with Gasteiger partial charge in [-0.3, -0.25) is 9.59 Å². The van der Waals surface area contributed by atoms with E-state index in [1.165, 1.54) is 42.9 Å². The fraction of sp³-hybridized carbons (Fsp3) is 0.143. The van der Waals surface area contributed by atoms with E-state index in [0.717, 1.165) is 22.9 Å². The van der Waals surface area contributed by atoms with Crippen LogP contribution in [-0.4, -0.2) is 44.8 Å². The van der Waals surface area contributed by atoms with Crippen LogP contribution < -0.4 is 5.32 Å². The molecule has 1 atom stereocenters. The largest absolute Gasteiger partial charge is 0.339 e. The number of amides is 2. The number of rotatable bonds is 5. The average molecular weight is 493 g/mol. The van der Waals surface area contributed by atoms with Crippen molar-refractivity contribution in [2.75, 3.05) is 18.4 Å². The van der Waals surface area contributed by atoms with Gasteiger partial charge < -0.3 is 10.2 Å². The highest BCUT2D eigenvalue weighted by Crippen LogP contribution is 2.36. The first kappa shape index (κ1) is 23.8. The monoisotopic (exact) mass is 492 g/mol. The molecular weight excluding hydrogens is 471 g/mol. The molecule has 1 saturated heterocycles. The number of halogens is 1. The van der Waals surface area contributed by atoms with E-state index in [2.05, 4.69) is 26.8 Å². The van der Waals surface area contributed by atoms with Crippen LogP contribution in [-0.2, 0) is 4.79 Å². The Morgan fingerprint density at radius 2 is 2.05 bits per heavy atom. The van der Waals surface area contributed by atoms with E-state index >= 15 is 4.39 Å². The van der Waals surface area contributed by atoms with Crippen molar-refractivity contribution in [3.8, 4) is 17.2 Å². The molecule has 0 saturated carbocycles. The minimum atomic E-state index is -0.566. The van der Waals surface area contributed by atoms with Gasteiger partial charge in [-0.1, -0.05) is 12.6 Å². The number of nitrogens with zero attached hydrogens (tertiary/aromatic N) is 5. The highest BCUT2D eigenvalue weighted by atomic mass is 19.1. The van der Waals surface area contributed by atoms with Gasteiger partial charge in [0.2, 0.25) is 5.91 Å². The van der Waals surface area contributed by atoms with E-state index in [9.17, 15) is 9.59 Å². The third-order valence-electron chi connectivity index (χ3n) is 6.42. The van der Waals surface area contributed by atoms with E-state index in [-0.39, 0.29) is 23.2 Å². The average Bonchev–Trinajstić information content (AvgIpc) is 3.42. The molecule has 2 aromatic carbocycles. The second-order valence-electron chi connectivity index (χ2n) is 8.69. The number of carbonyl (C=O) groups is 2. The molecule has 1 unspecified atom stereocenters. The van der Waals surface area contributed by atoms with Gasteiger partial charge in [0.15, 0.2) is 0 Å². The Bertz CT molecular complexity index is 1600. The quantitative estimate of drug-likeness (QED) is 0.412. The Kier molecular flexibility index (Phi) is 6.39. The van der Waals surface area contributed by atoms with Crippen molar-refractivity contribution >= 4 is 28.5 Å². The minimum absolute atomic E-state index is 0.0334. The molecule has 0 bridgehead atoms. The number of likely N-dealkylation sites (tertiary alicyclic amines) is 1. The lowest BCUT2D eigenvalue weighted by Gasteiger charge is -2.17. The Hall–Kier alpha value is -4.97. The third kappa shape index (κ3) is 4.77. The first-order valence-electron chi connectivity index (χ1n) is 11.6. The van der Waals surface area contributed by atoms with Crippen LogP contribution >= 0.6 is 0 Å². The summed E-state index contributed by atoms with van der Waals surface area (Å²) in [4.78, 5) is 39.1. The van der Waals surface area contributed by atoms with Gasteiger partial charge in [0.1, 0.15) is 18.0 Å². The Labute approximate surface area is 212 Å². The van der Waals surface area contributed by atoms with Gasteiger partial charge in [0.05, 0.1) is 17.1 Å². The van der Waals surface area contributed by atoms with Gasteiger partial charge in [0, 0.05) is 47.9 Å². The maximum atomic E-state index is 15.3. The minimum Gasteiger partial charge on any atom is -0.339 e. The van der Waals surface area contributed by atoms with Gasteiger partial charge in [-0.2, -0.15) is 5.26 Å². The van der Waals surface area contributed by atoms with Crippen molar-refractivity contribution in [3.63, 3.8) is 0 Å². The van der Waals surface area contributed by atoms with Crippen LogP contribution in [0.1, 0.15) is 33.8 Å². The standard InChI is InChI=1S/C28H21FN6O2/c1-2-26(36)35-8-6-19(15-35)23-11-20(10-21-14-31-16-33-27(21)23)22-4-3-18(12-24(22)29)28(37)34-25-9-17(13-30)5-7-32-25/h2-5,7,9-12,14,16,19H,1,6,8,15H2,(H,32,34,37). The smallest absolute Gasteiger partial charge is 0.256 e. The van der Waals surface area contributed by atoms with Crippen molar-refractivity contribution in [1.82, 2.24) is 19.9 Å². The summed E-state index contributed by atoms with van der Waals surface area (Å²) in [5.74, 6) is -0.992. The van der Waals surface area contributed by atoms with E-state index in [1.54, 1.807) is 17.2 Å². The number of fused-ring (bicyclic) bond motifs is 1. The summed E-state index contributed by atoms with van der Waals surface area (Å²) in [6.45, 7) is 4.70. The maximum absolute atomic E-state index is 15.3. The molecular formula is C28H21FN6O2. The lowest BCUT2D eigenvalue weighted by Crippen LogP contribution is -2.26. The molecule has 0 radical (unpaired) electrons. The van der Waals surface area contributed by atoms with Crippen molar-refractivity contribution in [1.29, 1.82) is 5.26 Å². The number of nitrogens with one attached hydrogen (secondary N) is 1. The predicted molar refractivity (Wildman–Crippen MR) is 136 cm³/mol. The summed E-state index contributed by atoms with van der Waals surface area (Å²) >= 11 is 0. The normalized spacial score (nSPS) is 14.8. The van der Waals surface area contributed by atoms with Gasteiger partial charge in [-0.05, 0) is 60.0 Å². The van der Waals surface area contributed by atoms with Gasteiger partial charge >= 0.3 is 0 Å². The Morgan fingerprint density at radius 3 is 2.84 bits per heavy atom. The summed E-state index contributed by atoms with van der Waals surface area (Å²) < 4.78 is 15.3. The molecule has 3 heterocycles. The number of anilines is 1. The molecule has 1 N–H and O–H groups in total. The number of carbonyl (C=O) groups excluding carboxylic acids is 2. The molecule has 1 fully saturated rings. The second kappa shape index (κ2) is 9.95. The highest BCUT2D eigenvalue weighted by molar-refractivity contribution is 6.04. The molecule has 37 heavy (non-hydrogen) atoms. The van der Waals surface area contributed by atoms with Gasteiger partial charge in [0.25, 0.3) is 5.91 Å². The highest BCUT2D eigenvalue weighted by Gasteiger charge is 2.28. The molecule has 1 aliphatic rings. The molecule has 1 aliphatic heterocycles. The Balaban J connectivity index is 1.47. The van der Waals surface area contributed by atoms with Crippen LogP contribution in [0.4, 0.5) is 10.2 Å². The number of hydrogen-bond donors (Lipinski definition) is 1. The lowest BCUT2D eigenvalue weighted by molar-refractivity contribution is -0.125. The lowest BCUT2D eigenvalue weighted by atomic mass is 9.91. The topological polar surface area (TPSA) is 112 Å². The zero-order valence-corrected chi connectivity index (χ0v) is 19.7. The van der Waals surface area contributed by atoms with E-state index < -0.39 is 11.7 Å². The SMILES string of the molecule is C=CC(=O)N1CCC(c2cc(-c3ccc(C(=O)Nc4cc(C#N)ccn4)cc3F)cc3cncnc23)C1. The van der Waals surface area contributed by atoms with Crippen LogP contribution in [0.3, 0.4) is 0 Å². The van der Waals surface area contributed by atoms with Crippen molar-refractivity contribution < 1.29 is 14.0 Å². The zero-order valence-electron chi connectivity index (χ0n) is 19.7. The zero-order chi connectivity index (χ0) is 25.9. The fourth-order valence-corrected chi connectivity index (χ4v) is 4.59. The Morgan fingerprint density at radius 1 is 1.19 bits per heavy atom. The fourth-order valence-electron chi connectivity index (χ4n) is 4.59. The molecule has 0 aliphatic carbocycles. The molecule has 8 nitrogen and oxygen atoms in total. The molecule has 0 spiro atoms. The summed E-state index contributed by atoms with van der Waals surface area (Å²) in [5, 5.41) is 12.4. The number of pyridine rings is 1. The van der Waals surface area contributed by atoms with Gasteiger partial charge in [-0.25, -0.2) is 19.3 Å². The number of hydrogen-bond acceptors (Lipinski definition) is 6. The molecule has 2 aromatic heterocycles. The van der Waals surface area contributed by atoms with Crippen LogP contribution in [0.5, 0.6) is 0 Å². The van der Waals surface area contributed by atoms with Gasteiger partial charge in [-0.15, -0.1) is 0 Å². The molecule has 9 heteroatoms. The first-order chi connectivity index (χ1) is 18.0. The van der Waals surface area contributed by atoms with Crippen LogP contribution in [0, 0.1) is 17.1 Å². The van der Waals surface area contributed by atoms with Crippen molar-refractivity contribution in [3.05, 3.63) is 96.3 Å². The molecule has 2 amide bonds. The first-order valence-corrected chi connectivity index (χ1v) is 11.6. The van der Waals surface area contributed by atoms with Crippen LogP contribution in [0.15, 0.2) is 73.8 Å².